The molecule has 2 fully saturated rings. The van der Waals surface area contributed by atoms with Gasteiger partial charge < -0.3 is 14.2 Å². The van der Waals surface area contributed by atoms with Gasteiger partial charge in [-0.3, -0.25) is 19.2 Å². The highest BCUT2D eigenvalue weighted by Crippen LogP contribution is 2.60. The fourth-order valence-electron chi connectivity index (χ4n) is 5.18. The Balaban J connectivity index is 2.43. The van der Waals surface area contributed by atoms with E-state index >= 15 is 0 Å². The minimum Gasteiger partial charge on any atom is -0.464 e. The maximum atomic E-state index is 13.5. The predicted octanol–water partition coefficient (Wildman–Crippen LogP) is 2.81. The van der Waals surface area contributed by atoms with Gasteiger partial charge >= 0.3 is 17.9 Å². The Kier molecular flexibility index (Phi) is 6.19. The summed E-state index contributed by atoms with van der Waals surface area (Å²) in [5, 5.41) is 0. The van der Waals surface area contributed by atoms with Crippen molar-refractivity contribution < 1.29 is 33.4 Å². The van der Waals surface area contributed by atoms with E-state index in [4.69, 9.17) is 25.8 Å². The Bertz CT molecular complexity index is 688. The second kappa shape index (κ2) is 7.65. The first-order valence-electron chi connectivity index (χ1n) is 9.45. The lowest BCUT2D eigenvalue weighted by atomic mass is 9.48. The van der Waals surface area contributed by atoms with Gasteiger partial charge in [-0.15, -0.1) is 11.6 Å². The summed E-state index contributed by atoms with van der Waals surface area (Å²) < 4.78 is 16.1. The average molecular weight is 417 g/mol. The highest BCUT2D eigenvalue weighted by Gasteiger charge is 2.65. The van der Waals surface area contributed by atoms with Gasteiger partial charge in [0.25, 0.3) is 0 Å². The second-order valence-corrected chi connectivity index (χ2v) is 9.51. The van der Waals surface area contributed by atoms with Gasteiger partial charge in [0.2, 0.25) is 0 Å². The van der Waals surface area contributed by atoms with E-state index in [9.17, 15) is 19.2 Å². The maximum absolute atomic E-state index is 13.5. The molecule has 8 heteroatoms. The molecular weight excluding hydrogens is 388 g/mol. The highest BCUT2D eigenvalue weighted by atomic mass is 35.5. The number of hydrogen-bond acceptors (Lipinski definition) is 7. The Morgan fingerprint density at radius 2 is 1.61 bits per heavy atom. The molecule has 0 N–H and O–H groups in total. The Morgan fingerprint density at radius 3 is 2.11 bits per heavy atom. The molecule has 2 saturated carbocycles. The molecule has 0 saturated heterocycles. The molecule has 2 rings (SSSR count). The number of ether oxygens (including phenoxy) is 3. The number of halogens is 1. The summed E-state index contributed by atoms with van der Waals surface area (Å²) in [5.74, 6) is -1.86. The van der Waals surface area contributed by atoms with Crippen LogP contribution < -0.4 is 0 Å². The number of ketones is 1. The first-order chi connectivity index (χ1) is 12.7. The van der Waals surface area contributed by atoms with Gasteiger partial charge in [0.1, 0.15) is 23.7 Å². The van der Waals surface area contributed by atoms with Crippen LogP contribution in [-0.4, -0.2) is 47.4 Å². The number of hydrogen-bond donors (Lipinski definition) is 0. The average Bonchev–Trinajstić information content (AvgIpc) is 2.53. The van der Waals surface area contributed by atoms with Gasteiger partial charge in [-0.25, -0.2) is 0 Å². The van der Waals surface area contributed by atoms with Crippen LogP contribution in [0.4, 0.5) is 0 Å². The normalized spacial score (nSPS) is 36.8. The van der Waals surface area contributed by atoms with Crippen molar-refractivity contribution in [1.82, 2.24) is 0 Å². The molecule has 5 atom stereocenters. The molecule has 0 spiro atoms. The van der Waals surface area contributed by atoms with Gasteiger partial charge in [0.15, 0.2) is 5.78 Å². The number of esters is 3. The van der Waals surface area contributed by atoms with E-state index in [0.717, 1.165) is 0 Å². The van der Waals surface area contributed by atoms with Gasteiger partial charge in [0, 0.05) is 38.0 Å². The van der Waals surface area contributed by atoms with E-state index < -0.39 is 45.8 Å². The van der Waals surface area contributed by atoms with Crippen molar-refractivity contribution in [3.8, 4) is 0 Å². The van der Waals surface area contributed by atoms with Gasteiger partial charge in [-0.2, -0.15) is 0 Å². The summed E-state index contributed by atoms with van der Waals surface area (Å²) in [5.41, 5.74) is -1.55. The van der Waals surface area contributed by atoms with Crippen molar-refractivity contribution in [3.63, 3.8) is 0 Å². The van der Waals surface area contributed by atoms with Crippen molar-refractivity contribution in [3.05, 3.63) is 0 Å². The van der Waals surface area contributed by atoms with Crippen LogP contribution in [0.2, 0.25) is 0 Å². The van der Waals surface area contributed by atoms with Crippen LogP contribution in [0.15, 0.2) is 0 Å². The Morgan fingerprint density at radius 1 is 1.04 bits per heavy atom. The summed E-state index contributed by atoms with van der Waals surface area (Å²) in [6.45, 7) is 9.30. The third-order valence-corrected chi connectivity index (χ3v) is 6.70. The Hall–Kier alpha value is -1.63. The first kappa shape index (κ1) is 22.7. The molecule has 0 heterocycles. The van der Waals surface area contributed by atoms with Crippen LogP contribution in [0.25, 0.3) is 0 Å². The summed E-state index contributed by atoms with van der Waals surface area (Å²) in [6, 6.07) is 0. The third kappa shape index (κ3) is 4.04. The van der Waals surface area contributed by atoms with E-state index in [2.05, 4.69) is 0 Å². The van der Waals surface area contributed by atoms with Crippen molar-refractivity contribution in [2.24, 2.45) is 16.7 Å². The highest BCUT2D eigenvalue weighted by molar-refractivity contribution is 6.36. The zero-order valence-corrected chi connectivity index (χ0v) is 18.1. The predicted molar refractivity (Wildman–Crippen MR) is 101 cm³/mol. The topological polar surface area (TPSA) is 96.0 Å². The summed E-state index contributed by atoms with van der Waals surface area (Å²) in [4.78, 5) is 46.8. The van der Waals surface area contributed by atoms with Crippen molar-refractivity contribution in [1.29, 1.82) is 0 Å². The van der Waals surface area contributed by atoms with Crippen molar-refractivity contribution in [2.75, 3.05) is 6.61 Å². The molecule has 0 aromatic rings. The summed E-state index contributed by atoms with van der Waals surface area (Å²) >= 11 is 6.63. The number of rotatable bonds is 4. The van der Waals surface area contributed by atoms with Gasteiger partial charge in [-0.05, 0) is 18.8 Å². The lowest BCUT2D eigenvalue weighted by Crippen LogP contribution is -2.66. The third-order valence-electron chi connectivity index (χ3n) is 6.23. The van der Waals surface area contributed by atoms with E-state index in [1.165, 1.54) is 20.8 Å². The lowest BCUT2D eigenvalue weighted by Gasteiger charge is -2.59. The molecule has 0 unspecified atom stereocenters. The van der Waals surface area contributed by atoms with Crippen LogP contribution >= 0.6 is 11.6 Å². The molecule has 28 heavy (non-hydrogen) atoms. The van der Waals surface area contributed by atoms with Crippen LogP contribution in [-0.2, 0) is 33.4 Å². The van der Waals surface area contributed by atoms with Crippen LogP contribution in [0.5, 0.6) is 0 Å². The fourth-order valence-corrected chi connectivity index (χ4v) is 5.56. The molecule has 158 valence electrons. The second-order valence-electron chi connectivity index (χ2n) is 8.79. The fraction of sp³-hybridized carbons (Fsp3) is 0.800. The van der Waals surface area contributed by atoms with E-state index in [0.29, 0.717) is 12.8 Å². The van der Waals surface area contributed by atoms with Crippen molar-refractivity contribution >= 4 is 35.3 Å². The van der Waals surface area contributed by atoms with Crippen LogP contribution in [0.1, 0.15) is 60.8 Å². The molecule has 0 amide bonds. The number of alkyl halides is 1. The molecular formula is C20H29ClO7. The van der Waals surface area contributed by atoms with Gasteiger partial charge in [-0.1, -0.05) is 20.8 Å². The molecule has 7 nitrogen and oxygen atoms in total. The van der Waals surface area contributed by atoms with Crippen LogP contribution in [0.3, 0.4) is 0 Å². The van der Waals surface area contributed by atoms with E-state index in [-0.39, 0.29) is 24.7 Å². The standard InChI is InChI=1S/C20H29ClO7/c1-11(22)26-10-20(21)8-7-15-18(4,5)16(28-13(3)24)14(27-12(2)23)9-19(15,6)17(20)25/h14-16H,7-10H2,1-6H3/t14-,15+,16+,19+,20-/m1/s1. The molecule has 2 aliphatic carbocycles. The van der Waals surface area contributed by atoms with Crippen molar-refractivity contribution in [2.45, 2.75) is 77.9 Å². The number of carbonyl (C=O) groups excluding carboxylic acids is 4. The lowest BCUT2D eigenvalue weighted by molar-refractivity contribution is -0.211. The molecule has 2 aliphatic rings. The van der Waals surface area contributed by atoms with E-state index in [1.807, 2.05) is 20.8 Å². The molecule has 0 aromatic carbocycles. The Labute approximate surface area is 170 Å². The largest absolute Gasteiger partial charge is 0.464 e. The number of Topliss-reactive ketones (excluding diaryl/α,β-unsaturated/α-hetero) is 1. The first-order valence-corrected chi connectivity index (χ1v) is 9.83. The quantitative estimate of drug-likeness (QED) is 0.395. The summed E-state index contributed by atoms with van der Waals surface area (Å²) in [7, 11) is 0. The minimum absolute atomic E-state index is 0.145. The number of carbonyl (C=O) groups is 4. The molecule has 0 radical (unpaired) electrons. The van der Waals surface area contributed by atoms with Crippen LogP contribution in [0, 0.1) is 16.7 Å². The molecule has 0 aliphatic heterocycles. The minimum atomic E-state index is -1.32. The smallest absolute Gasteiger partial charge is 0.303 e. The monoisotopic (exact) mass is 416 g/mol. The number of fused-ring (bicyclic) bond motifs is 1. The molecule has 0 bridgehead atoms. The SMILES string of the molecule is CC(=O)OC[C@]1(Cl)CC[C@H]2C(C)(C)[C@@H](OC(C)=O)[C@H](OC(C)=O)C[C@]2(C)C1=O. The molecule has 0 aromatic heterocycles. The zero-order chi connectivity index (χ0) is 21.5. The zero-order valence-electron chi connectivity index (χ0n) is 17.3. The van der Waals surface area contributed by atoms with Gasteiger partial charge in [0.05, 0.1) is 0 Å². The summed E-state index contributed by atoms with van der Waals surface area (Å²) in [6.07, 6.45) is -0.322. The van der Waals surface area contributed by atoms with E-state index in [1.54, 1.807) is 0 Å². The maximum Gasteiger partial charge on any atom is 0.303 e.